The molecule has 0 bridgehead atoms. The normalized spacial score (nSPS) is 11.7. The van der Waals surface area contributed by atoms with Gasteiger partial charge in [0.1, 0.15) is 0 Å². The Hall–Kier alpha value is -2.35. The molecule has 1 amide bonds. The van der Waals surface area contributed by atoms with Gasteiger partial charge in [-0.3, -0.25) is 4.79 Å². The highest BCUT2D eigenvalue weighted by Crippen LogP contribution is 2.23. The summed E-state index contributed by atoms with van der Waals surface area (Å²) in [4.78, 5) is 13.8. The molecule has 1 atom stereocenters. The maximum Gasteiger partial charge on any atom is 0.220 e. The molecule has 2 nitrogen and oxygen atoms in total. The van der Waals surface area contributed by atoms with E-state index in [-0.39, 0.29) is 11.9 Å². The minimum Gasteiger partial charge on any atom is -0.328 e. The smallest absolute Gasteiger partial charge is 0.220 e. The number of hydrogen-bond donors (Lipinski definition) is 0. The zero-order chi connectivity index (χ0) is 14.4. The quantitative estimate of drug-likeness (QED) is 0.749. The Kier molecular flexibility index (Phi) is 4.72. The summed E-state index contributed by atoms with van der Waals surface area (Å²) < 4.78 is 0. The molecular formula is C18H19NO. The van der Waals surface area contributed by atoms with E-state index in [0.29, 0.717) is 6.54 Å². The Morgan fingerprint density at radius 1 is 1.10 bits per heavy atom. The van der Waals surface area contributed by atoms with Crippen molar-refractivity contribution in [1.82, 2.24) is 4.90 Å². The first-order valence-electron chi connectivity index (χ1n) is 6.71. The fraction of sp³-hybridized carbons (Fsp3) is 0.167. The highest BCUT2D eigenvalue weighted by Gasteiger charge is 2.19. The van der Waals surface area contributed by atoms with Crippen molar-refractivity contribution in [2.75, 3.05) is 0 Å². The third-order valence-corrected chi connectivity index (χ3v) is 3.30. The van der Waals surface area contributed by atoms with Gasteiger partial charge in [0, 0.05) is 13.5 Å². The van der Waals surface area contributed by atoms with Gasteiger partial charge in [-0.05, 0) is 11.1 Å². The van der Waals surface area contributed by atoms with Crippen LogP contribution in [0.4, 0.5) is 0 Å². The number of carbonyl (C=O) groups is 1. The molecule has 2 rings (SSSR count). The molecule has 20 heavy (non-hydrogen) atoms. The molecule has 2 aromatic rings. The van der Waals surface area contributed by atoms with Gasteiger partial charge >= 0.3 is 0 Å². The lowest BCUT2D eigenvalue weighted by molar-refractivity contribution is -0.131. The number of rotatable bonds is 5. The molecule has 0 saturated carbocycles. The van der Waals surface area contributed by atoms with Crippen LogP contribution in [0.1, 0.15) is 24.1 Å². The van der Waals surface area contributed by atoms with E-state index in [2.05, 4.69) is 6.58 Å². The Morgan fingerprint density at radius 2 is 1.65 bits per heavy atom. The lowest BCUT2D eigenvalue weighted by Gasteiger charge is -2.29. The number of hydrogen-bond acceptors (Lipinski definition) is 1. The van der Waals surface area contributed by atoms with Crippen molar-refractivity contribution in [2.45, 2.75) is 19.5 Å². The monoisotopic (exact) mass is 265 g/mol. The van der Waals surface area contributed by atoms with Crippen molar-refractivity contribution in [3.05, 3.63) is 84.4 Å². The second-order valence-electron chi connectivity index (χ2n) is 4.72. The first-order chi connectivity index (χ1) is 9.72. The first-order valence-corrected chi connectivity index (χ1v) is 6.71. The zero-order valence-corrected chi connectivity index (χ0v) is 11.7. The molecule has 0 aliphatic heterocycles. The Bertz CT molecular complexity index is 562. The highest BCUT2D eigenvalue weighted by molar-refractivity contribution is 5.74. The molecule has 0 N–H and O–H groups in total. The summed E-state index contributed by atoms with van der Waals surface area (Å²) in [5, 5.41) is 0. The van der Waals surface area contributed by atoms with Gasteiger partial charge < -0.3 is 4.90 Å². The van der Waals surface area contributed by atoms with Crippen LogP contribution in [0.5, 0.6) is 0 Å². The lowest BCUT2D eigenvalue weighted by atomic mass is 10.0. The molecule has 0 heterocycles. The van der Waals surface area contributed by atoms with E-state index >= 15 is 0 Å². The summed E-state index contributed by atoms with van der Waals surface area (Å²) in [5.74, 6) is 0.0441. The van der Waals surface area contributed by atoms with Crippen LogP contribution in [-0.2, 0) is 11.3 Å². The van der Waals surface area contributed by atoms with Gasteiger partial charge in [0.25, 0.3) is 0 Å². The standard InChI is InChI=1S/C18H19NO/c1-3-18(17-12-8-5-9-13-17)19(15(2)20)14-16-10-6-4-7-11-16/h3-13,18H,1,14H2,2H3/t18-/m0/s1. The van der Waals surface area contributed by atoms with Gasteiger partial charge in [0.2, 0.25) is 5.91 Å². The van der Waals surface area contributed by atoms with Gasteiger partial charge in [-0.15, -0.1) is 6.58 Å². The van der Waals surface area contributed by atoms with E-state index in [4.69, 9.17) is 0 Å². The van der Waals surface area contributed by atoms with Crippen molar-refractivity contribution >= 4 is 5.91 Å². The number of carbonyl (C=O) groups excluding carboxylic acids is 1. The van der Waals surface area contributed by atoms with Gasteiger partial charge in [-0.1, -0.05) is 66.7 Å². The van der Waals surface area contributed by atoms with Crippen LogP contribution in [-0.4, -0.2) is 10.8 Å². The molecule has 102 valence electrons. The van der Waals surface area contributed by atoms with Crippen LogP contribution in [0.15, 0.2) is 73.3 Å². The predicted molar refractivity (Wildman–Crippen MR) is 82.0 cm³/mol. The van der Waals surface area contributed by atoms with Crippen LogP contribution in [0, 0.1) is 0 Å². The third kappa shape index (κ3) is 3.35. The molecule has 0 radical (unpaired) electrons. The lowest BCUT2D eigenvalue weighted by Crippen LogP contribution is -2.31. The van der Waals surface area contributed by atoms with Crippen molar-refractivity contribution in [1.29, 1.82) is 0 Å². The van der Waals surface area contributed by atoms with E-state index in [1.54, 1.807) is 6.92 Å². The number of amides is 1. The molecule has 0 aromatic heterocycles. The molecule has 0 unspecified atom stereocenters. The van der Waals surface area contributed by atoms with E-state index in [1.807, 2.05) is 71.6 Å². The maximum absolute atomic E-state index is 12.0. The largest absolute Gasteiger partial charge is 0.328 e. The maximum atomic E-state index is 12.0. The fourth-order valence-corrected chi connectivity index (χ4v) is 2.28. The molecule has 0 spiro atoms. The van der Waals surface area contributed by atoms with E-state index in [0.717, 1.165) is 11.1 Å². The number of nitrogens with zero attached hydrogens (tertiary/aromatic N) is 1. The second kappa shape index (κ2) is 6.71. The summed E-state index contributed by atoms with van der Waals surface area (Å²) in [6.07, 6.45) is 1.82. The third-order valence-electron chi connectivity index (χ3n) is 3.30. The summed E-state index contributed by atoms with van der Waals surface area (Å²) in [5.41, 5.74) is 2.19. The summed E-state index contributed by atoms with van der Waals surface area (Å²) in [6, 6.07) is 19.9. The Balaban J connectivity index is 2.27. The molecule has 2 aromatic carbocycles. The Labute approximate surface area is 120 Å². The zero-order valence-electron chi connectivity index (χ0n) is 11.7. The highest BCUT2D eigenvalue weighted by atomic mass is 16.2. The molecule has 0 fully saturated rings. The summed E-state index contributed by atoms with van der Waals surface area (Å²) >= 11 is 0. The van der Waals surface area contributed by atoms with E-state index < -0.39 is 0 Å². The summed E-state index contributed by atoms with van der Waals surface area (Å²) in [6.45, 7) is 6.07. The van der Waals surface area contributed by atoms with Crippen molar-refractivity contribution in [3.63, 3.8) is 0 Å². The predicted octanol–water partition coefficient (Wildman–Crippen LogP) is 3.96. The summed E-state index contributed by atoms with van der Waals surface area (Å²) in [7, 11) is 0. The molecule has 2 heteroatoms. The van der Waals surface area contributed by atoms with Gasteiger partial charge in [-0.25, -0.2) is 0 Å². The SMILES string of the molecule is C=C[C@@H](c1ccccc1)N(Cc1ccccc1)C(C)=O. The first kappa shape index (κ1) is 14.1. The van der Waals surface area contributed by atoms with Crippen LogP contribution < -0.4 is 0 Å². The van der Waals surface area contributed by atoms with Crippen LogP contribution in [0.25, 0.3) is 0 Å². The average molecular weight is 265 g/mol. The van der Waals surface area contributed by atoms with Crippen molar-refractivity contribution < 1.29 is 4.79 Å². The number of benzene rings is 2. The van der Waals surface area contributed by atoms with E-state index in [1.165, 1.54) is 0 Å². The van der Waals surface area contributed by atoms with Crippen molar-refractivity contribution in [2.24, 2.45) is 0 Å². The van der Waals surface area contributed by atoms with Gasteiger partial charge in [0.05, 0.1) is 6.04 Å². The Morgan fingerprint density at radius 3 is 2.15 bits per heavy atom. The van der Waals surface area contributed by atoms with Crippen LogP contribution in [0.3, 0.4) is 0 Å². The fourth-order valence-electron chi connectivity index (χ4n) is 2.28. The minimum absolute atomic E-state index is 0.0441. The molecule has 0 aliphatic carbocycles. The van der Waals surface area contributed by atoms with Crippen LogP contribution >= 0.6 is 0 Å². The average Bonchev–Trinajstić information content (AvgIpc) is 2.49. The van der Waals surface area contributed by atoms with Gasteiger partial charge in [-0.2, -0.15) is 0 Å². The minimum atomic E-state index is -0.103. The molecule has 0 saturated heterocycles. The topological polar surface area (TPSA) is 20.3 Å². The van der Waals surface area contributed by atoms with Crippen molar-refractivity contribution in [3.8, 4) is 0 Å². The van der Waals surface area contributed by atoms with Gasteiger partial charge in [0.15, 0.2) is 0 Å². The molecule has 0 aliphatic rings. The molecular weight excluding hydrogens is 246 g/mol. The van der Waals surface area contributed by atoms with Crippen LogP contribution in [0.2, 0.25) is 0 Å². The second-order valence-corrected chi connectivity index (χ2v) is 4.72. The van der Waals surface area contributed by atoms with E-state index in [9.17, 15) is 4.79 Å².